The summed E-state index contributed by atoms with van der Waals surface area (Å²) in [5, 5.41) is 4.61. The Morgan fingerprint density at radius 1 is 1.12 bits per heavy atom. The molecule has 0 atom stereocenters. The minimum absolute atomic E-state index is 0.0795. The molecule has 0 fully saturated rings. The molecule has 6 nitrogen and oxygen atoms in total. The lowest BCUT2D eigenvalue weighted by Crippen LogP contribution is -2.41. The number of carbonyl (C=O) groups excluding carboxylic acids is 1. The molecular formula is C23H19ClFN3O3S. The van der Waals surface area contributed by atoms with Crippen LogP contribution in [-0.4, -0.2) is 15.0 Å². The van der Waals surface area contributed by atoms with Crippen molar-refractivity contribution in [3.05, 3.63) is 96.2 Å². The summed E-state index contributed by atoms with van der Waals surface area (Å²) in [6.07, 6.45) is 0. The molecule has 2 aromatic carbocycles. The first-order valence-corrected chi connectivity index (χ1v) is 11.0. The number of amides is 1. The molecule has 2 heterocycles. The lowest BCUT2D eigenvalue weighted by Gasteiger charge is -2.14. The van der Waals surface area contributed by atoms with Gasteiger partial charge in [-0.15, -0.1) is 11.3 Å². The van der Waals surface area contributed by atoms with Gasteiger partial charge in [-0.2, -0.15) is 0 Å². The van der Waals surface area contributed by atoms with Gasteiger partial charge in [0.25, 0.3) is 5.56 Å². The molecule has 0 bridgehead atoms. The first kappa shape index (κ1) is 22.0. The highest BCUT2D eigenvalue weighted by molar-refractivity contribution is 7.17. The molecule has 4 rings (SSSR count). The Labute approximate surface area is 191 Å². The van der Waals surface area contributed by atoms with Gasteiger partial charge < -0.3 is 5.32 Å². The second-order valence-corrected chi connectivity index (χ2v) is 8.77. The average Bonchev–Trinajstić information content (AvgIpc) is 3.23. The fraction of sp³-hybridized carbons (Fsp3) is 0.174. The Morgan fingerprint density at radius 2 is 1.91 bits per heavy atom. The molecule has 0 unspecified atom stereocenters. The van der Waals surface area contributed by atoms with Crippen LogP contribution in [0.15, 0.2) is 57.4 Å². The molecule has 2 aromatic heterocycles. The monoisotopic (exact) mass is 471 g/mol. The fourth-order valence-electron chi connectivity index (χ4n) is 3.47. The van der Waals surface area contributed by atoms with Crippen LogP contribution in [0.3, 0.4) is 0 Å². The van der Waals surface area contributed by atoms with Crippen molar-refractivity contribution in [2.45, 2.75) is 26.9 Å². The molecule has 32 heavy (non-hydrogen) atoms. The number of aryl methyl sites for hydroxylation is 2. The number of benzene rings is 2. The molecule has 164 valence electrons. The minimum Gasteiger partial charge on any atom is -0.350 e. The standard InChI is InChI=1S/C23H19ClFN3O3S/c1-13-3-4-14(2)19(9-13)28-22(30)21-18(7-8-32-21)27(23(28)31)12-20(29)26-11-15-5-6-16(25)10-17(15)24/h3-10H,11-12H2,1-2H3,(H,26,29). The SMILES string of the molecule is Cc1ccc(C)c(-n2c(=O)c3sccc3n(CC(=O)NCc3ccc(F)cc3Cl)c2=O)c1. The van der Waals surface area contributed by atoms with E-state index in [1.54, 1.807) is 17.5 Å². The van der Waals surface area contributed by atoms with Gasteiger partial charge in [0.15, 0.2) is 0 Å². The Bertz CT molecular complexity index is 1470. The quantitative estimate of drug-likeness (QED) is 0.479. The number of hydrogen-bond acceptors (Lipinski definition) is 4. The molecule has 0 aliphatic carbocycles. The van der Waals surface area contributed by atoms with E-state index in [1.807, 2.05) is 26.0 Å². The van der Waals surface area contributed by atoms with Crippen molar-refractivity contribution < 1.29 is 9.18 Å². The number of nitrogens with one attached hydrogen (secondary N) is 1. The van der Waals surface area contributed by atoms with Gasteiger partial charge in [-0.3, -0.25) is 14.2 Å². The van der Waals surface area contributed by atoms with Crippen molar-refractivity contribution >= 4 is 39.1 Å². The number of nitrogens with zero attached hydrogens (tertiary/aromatic N) is 2. The maximum Gasteiger partial charge on any atom is 0.336 e. The smallest absolute Gasteiger partial charge is 0.336 e. The normalized spacial score (nSPS) is 11.1. The zero-order valence-corrected chi connectivity index (χ0v) is 18.9. The molecule has 1 N–H and O–H groups in total. The topological polar surface area (TPSA) is 73.1 Å². The number of halogens is 2. The van der Waals surface area contributed by atoms with Crippen LogP contribution >= 0.6 is 22.9 Å². The van der Waals surface area contributed by atoms with Crippen LogP contribution in [0.25, 0.3) is 15.9 Å². The molecule has 0 aliphatic heterocycles. The molecule has 4 aromatic rings. The van der Waals surface area contributed by atoms with E-state index in [2.05, 4.69) is 5.32 Å². The molecule has 0 radical (unpaired) electrons. The first-order valence-electron chi connectivity index (χ1n) is 9.77. The van der Waals surface area contributed by atoms with Gasteiger partial charge in [0.2, 0.25) is 5.91 Å². The van der Waals surface area contributed by atoms with E-state index in [1.165, 1.54) is 34.1 Å². The van der Waals surface area contributed by atoms with Crippen molar-refractivity contribution in [2.75, 3.05) is 0 Å². The highest BCUT2D eigenvalue weighted by Crippen LogP contribution is 2.19. The molecular weight excluding hydrogens is 453 g/mol. The molecule has 9 heteroatoms. The van der Waals surface area contributed by atoms with E-state index >= 15 is 0 Å². The highest BCUT2D eigenvalue weighted by atomic mass is 35.5. The molecule has 0 saturated carbocycles. The van der Waals surface area contributed by atoms with Gasteiger partial charge in [0.1, 0.15) is 17.1 Å². The molecule has 1 amide bonds. The average molecular weight is 472 g/mol. The first-order chi connectivity index (χ1) is 15.3. The summed E-state index contributed by atoms with van der Waals surface area (Å²) < 4.78 is 16.0. The number of carbonyl (C=O) groups is 1. The van der Waals surface area contributed by atoms with E-state index in [-0.39, 0.29) is 18.1 Å². The van der Waals surface area contributed by atoms with Crippen LogP contribution in [0.1, 0.15) is 16.7 Å². The number of rotatable bonds is 5. The number of aromatic nitrogens is 2. The number of thiophene rings is 1. The Morgan fingerprint density at radius 3 is 2.66 bits per heavy atom. The van der Waals surface area contributed by atoms with Gasteiger partial charge in [0.05, 0.1) is 11.2 Å². The van der Waals surface area contributed by atoms with Crippen molar-refractivity contribution in [3.8, 4) is 5.69 Å². The lowest BCUT2D eigenvalue weighted by molar-refractivity contribution is -0.121. The van der Waals surface area contributed by atoms with E-state index in [0.29, 0.717) is 21.5 Å². The van der Waals surface area contributed by atoms with E-state index in [0.717, 1.165) is 15.7 Å². The summed E-state index contributed by atoms with van der Waals surface area (Å²) >= 11 is 7.23. The van der Waals surface area contributed by atoms with Crippen LogP contribution < -0.4 is 16.6 Å². The van der Waals surface area contributed by atoms with Crippen LogP contribution in [0.4, 0.5) is 4.39 Å². The second kappa shape index (κ2) is 8.72. The van der Waals surface area contributed by atoms with Gasteiger partial charge >= 0.3 is 5.69 Å². The van der Waals surface area contributed by atoms with Crippen LogP contribution in [-0.2, 0) is 17.9 Å². The van der Waals surface area contributed by atoms with Gasteiger partial charge in [-0.05, 0) is 60.2 Å². The molecule has 0 saturated heterocycles. The van der Waals surface area contributed by atoms with Crippen molar-refractivity contribution in [1.29, 1.82) is 0 Å². The number of fused-ring (bicyclic) bond motifs is 1. The largest absolute Gasteiger partial charge is 0.350 e. The van der Waals surface area contributed by atoms with Gasteiger partial charge in [-0.25, -0.2) is 13.8 Å². The van der Waals surface area contributed by atoms with Crippen molar-refractivity contribution in [1.82, 2.24) is 14.5 Å². The predicted molar refractivity (Wildman–Crippen MR) is 124 cm³/mol. The predicted octanol–water partition coefficient (Wildman–Crippen LogP) is 3.94. The summed E-state index contributed by atoms with van der Waals surface area (Å²) in [4.78, 5) is 39.1. The van der Waals surface area contributed by atoms with Gasteiger partial charge in [0, 0.05) is 11.6 Å². The van der Waals surface area contributed by atoms with Crippen LogP contribution in [0, 0.1) is 19.7 Å². The van der Waals surface area contributed by atoms with Crippen LogP contribution in [0.2, 0.25) is 5.02 Å². The summed E-state index contributed by atoms with van der Waals surface area (Å²) in [5.41, 5.74) is 2.11. The Hall–Kier alpha value is -3.23. The maximum absolute atomic E-state index is 13.4. The zero-order valence-electron chi connectivity index (χ0n) is 17.3. The Kier molecular flexibility index (Phi) is 5.99. The number of hydrogen-bond donors (Lipinski definition) is 1. The van der Waals surface area contributed by atoms with Crippen molar-refractivity contribution in [3.63, 3.8) is 0 Å². The zero-order chi connectivity index (χ0) is 23.0. The lowest BCUT2D eigenvalue weighted by atomic mass is 10.1. The van der Waals surface area contributed by atoms with E-state index in [4.69, 9.17) is 11.6 Å². The minimum atomic E-state index is -0.593. The van der Waals surface area contributed by atoms with E-state index < -0.39 is 23.0 Å². The fourth-order valence-corrected chi connectivity index (χ4v) is 4.53. The van der Waals surface area contributed by atoms with Gasteiger partial charge in [-0.1, -0.05) is 29.8 Å². The third-order valence-corrected chi connectivity index (χ3v) is 6.40. The Balaban J connectivity index is 1.72. The highest BCUT2D eigenvalue weighted by Gasteiger charge is 2.18. The summed E-state index contributed by atoms with van der Waals surface area (Å²) in [5.74, 6) is -0.906. The third kappa shape index (κ3) is 4.11. The summed E-state index contributed by atoms with van der Waals surface area (Å²) in [6, 6.07) is 11.1. The molecule has 0 spiro atoms. The van der Waals surface area contributed by atoms with Crippen molar-refractivity contribution in [2.24, 2.45) is 0 Å². The van der Waals surface area contributed by atoms with Crippen LogP contribution in [0.5, 0.6) is 0 Å². The second-order valence-electron chi connectivity index (χ2n) is 7.45. The third-order valence-electron chi connectivity index (χ3n) is 5.15. The summed E-state index contributed by atoms with van der Waals surface area (Å²) in [6.45, 7) is 3.50. The van der Waals surface area contributed by atoms with E-state index in [9.17, 15) is 18.8 Å². The maximum atomic E-state index is 13.4. The summed E-state index contributed by atoms with van der Waals surface area (Å²) in [7, 11) is 0. The molecule has 0 aliphatic rings.